The molecule has 19 heavy (non-hydrogen) atoms. The van der Waals surface area contributed by atoms with E-state index in [1.165, 1.54) is 0 Å². The van der Waals surface area contributed by atoms with Crippen molar-refractivity contribution in [1.29, 1.82) is 0 Å². The second-order valence-corrected chi connectivity index (χ2v) is 4.66. The quantitative estimate of drug-likeness (QED) is 0.809. The lowest BCUT2D eigenvalue weighted by Gasteiger charge is -2.11. The highest BCUT2D eigenvalue weighted by Gasteiger charge is 2.05. The van der Waals surface area contributed by atoms with Crippen molar-refractivity contribution in [2.45, 2.75) is 19.9 Å². The highest BCUT2D eigenvalue weighted by Crippen LogP contribution is 2.26. The van der Waals surface area contributed by atoms with Gasteiger partial charge in [-0.2, -0.15) is 0 Å². The Morgan fingerprint density at radius 1 is 1.32 bits per heavy atom. The molecule has 3 nitrogen and oxygen atoms in total. The fourth-order valence-corrected chi connectivity index (χ4v) is 1.88. The van der Waals surface area contributed by atoms with E-state index in [9.17, 15) is 0 Å². The van der Waals surface area contributed by atoms with Gasteiger partial charge in [0.2, 0.25) is 0 Å². The van der Waals surface area contributed by atoms with E-state index < -0.39 is 0 Å². The van der Waals surface area contributed by atoms with Gasteiger partial charge in [0.25, 0.3) is 0 Å². The smallest absolute Gasteiger partial charge is 0.150 e. The topological polar surface area (TPSA) is 34.2 Å². The number of pyridine rings is 1. The summed E-state index contributed by atoms with van der Waals surface area (Å²) < 4.78 is 5.83. The molecule has 2 aromatic rings. The summed E-state index contributed by atoms with van der Waals surface area (Å²) in [5, 5.41) is 4.01. The number of aromatic nitrogens is 1. The predicted octanol–water partition coefficient (Wildman–Crippen LogP) is 4.03. The third kappa shape index (κ3) is 4.23. The van der Waals surface area contributed by atoms with Crippen molar-refractivity contribution in [3.05, 3.63) is 53.3 Å². The van der Waals surface area contributed by atoms with Crippen molar-refractivity contribution < 1.29 is 4.74 Å². The van der Waals surface area contributed by atoms with Gasteiger partial charge < -0.3 is 10.1 Å². The molecule has 2 rings (SSSR count). The molecule has 0 unspecified atom stereocenters. The van der Waals surface area contributed by atoms with Crippen molar-refractivity contribution in [3.8, 4) is 11.5 Å². The number of hydrogen-bond acceptors (Lipinski definition) is 3. The monoisotopic (exact) mass is 276 g/mol. The minimum absolute atomic E-state index is 0.659. The molecule has 0 spiro atoms. The van der Waals surface area contributed by atoms with Gasteiger partial charge in [0.05, 0.1) is 6.20 Å². The van der Waals surface area contributed by atoms with Crippen LogP contribution in [0.5, 0.6) is 11.5 Å². The Balaban J connectivity index is 2.11. The standard InChI is InChI=1S/C15H17ClN2O/c1-2-7-17-10-12-6-8-18-11-15(12)19-14-5-3-4-13(16)9-14/h3-6,8-9,11,17H,2,7,10H2,1H3. The van der Waals surface area contributed by atoms with E-state index in [4.69, 9.17) is 16.3 Å². The van der Waals surface area contributed by atoms with E-state index in [-0.39, 0.29) is 0 Å². The number of ether oxygens (including phenoxy) is 1. The van der Waals surface area contributed by atoms with Crippen molar-refractivity contribution in [2.24, 2.45) is 0 Å². The molecule has 0 saturated heterocycles. The van der Waals surface area contributed by atoms with Gasteiger partial charge in [-0.15, -0.1) is 0 Å². The summed E-state index contributed by atoms with van der Waals surface area (Å²) in [4.78, 5) is 4.11. The molecule has 4 heteroatoms. The normalized spacial score (nSPS) is 10.4. The maximum Gasteiger partial charge on any atom is 0.150 e. The zero-order valence-corrected chi connectivity index (χ0v) is 11.7. The summed E-state index contributed by atoms with van der Waals surface area (Å²) >= 11 is 5.95. The zero-order valence-electron chi connectivity index (χ0n) is 10.9. The fourth-order valence-electron chi connectivity index (χ4n) is 1.70. The third-order valence-corrected chi connectivity index (χ3v) is 2.87. The number of nitrogens with zero attached hydrogens (tertiary/aromatic N) is 1. The maximum absolute atomic E-state index is 5.95. The highest BCUT2D eigenvalue weighted by atomic mass is 35.5. The Morgan fingerprint density at radius 2 is 2.21 bits per heavy atom. The fraction of sp³-hybridized carbons (Fsp3) is 0.267. The van der Waals surface area contributed by atoms with E-state index in [0.717, 1.165) is 36.6 Å². The van der Waals surface area contributed by atoms with Gasteiger partial charge in [-0.05, 0) is 37.2 Å². The zero-order chi connectivity index (χ0) is 13.5. The maximum atomic E-state index is 5.95. The Morgan fingerprint density at radius 3 is 3.00 bits per heavy atom. The van der Waals surface area contributed by atoms with Gasteiger partial charge in [0.15, 0.2) is 0 Å². The van der Waals surface area contributed by atoms with E-state index >= 15 is 0 Å². The summed E-state index contributed by atoms with van der Waals surface area (Å²) in [5.74, 6) is 1.48. The lowest BCUT2D eigenvalue weighted by atomic mass is 10.2. The van der Waals surface area contributed by atoms with Gasteiger partial charge >= 0.3 is 0 Å². The molecule has 0 fully saturated rings. The summed E-state index contributed by atoms with van der Waals surface area (Å²) in [6, 6.07) is 9.31. The molecule has 1 N–H and O–H groups in total. The van der Waals surface area contributed by atoms with Crippen molar-refractivity contribution in [3.63, 3.8) is 0 Å². The molecule has 0 atom stereocenters. The molecule has 0 aliphatic carbocycles. The van der Waals surface area contributed by atoms with Crippen LogP contribution in [0.2, 0.25) is 5.02 Å². The van der Waals surface area contributed by atoms with Gasteiger partial charge in [0, 0.05) is 23.3 Å². The van der Waals surface area contributed by atoms with E-state index in [0.29, 0.717) is 5.02 Å². The van der Waals surface area contributed by atoms with Crippen molar-refractivity contribution in [2.75, 3.05) is 6.54 Å². The first-order chi connectivity index (χ1) is 9.29. The molecule has 0 radical (unpaired) electrons. The number of benzene rings is 1. The summed E-state index contributed by atoms with van der Waals surface area (Å²) in [5.41, 5.74) is 1.09. The molecule has 0 saturated carbocycles. The first-order valence-electron chi connectivity index (χ1n) is 6.36. The lowest BCUT2D eigenvalue weighted by Crippen LogP contribution is -2.14. The van der Waals surface area contributed by atoms with Crippen LogP contribution in [0.1, 0.15) is 18.9 Å². The van der Waals surface area contributed by atoms with Gasteiger partial charge in [-0.3, -0.25) is 4.98 Å². The van der Waals surface area contributed by atoms with Gasteiger partial charge in [-0.25, -0.2) is 0 Å². The van der Waals surface area contributed by atoms with Gasteiger partial charge in [-0.1, -0.05) is 24.6 Å². The molecule has 0 aliphatic heterocycles. The van der Waals surface area contributed by atoms with Crippen LogP contribution in [-0.4, -0.2) is 11.5 Å². The van der Waals surface area contributed by atoms with Crippen molar-refractivity contribution in [1.82, 2.24) is 10.3 Å². The average molecular weight is 277 g/mol. The van der Waals surface area contributed by atoms with E-state index in [1.54, 1.807) is 18.5 Å². The largest absolute Gasteiger partial charge is 0.455 e. The Kier molecular flexibility index (Phi) is 5.19. The average Bonchev–Trinajstić information content (AvgIpc) is 2.41. The van der Waals surface area contributed by atoms with E-state index in [1.807, 2.05) is 24.3 Å². The van der Waals surface area contributed by atoms with E-state index in [2.05, 4.69) is 17.2 Å². The van der Waals surface area contributed by atoms with Crippen LogP contribution in [0.25, 0.3) is 0 Å². The second-order valence-electron chi connectivity index (χ2n) is 4.22. The predicted molar refractivity (Wildman–Crippen MR) is 77.8 cm³/mol. The summed E-state index contributed by atoms with van der Waals surface area (Å²) in [7, 11) is 0. The molecule has 100 valence electrons. The molecule has 0 amide bonds. The summed E-state index contributed by atoms with van der Waals surface area (Å²) in [6.45, 7) is 3.90. The van der Waals surface area contributed by atoms with Crippen LogP contribution in [0, 0.1) is 0 Å². The molecular weight excluding hydrogens is 260 g/mol. The molecular formula is C15H17ClN2O. The third-order valence-electron chi connectivity index (χ3n) is 2.64. The Labute approximate surface area is 118 Å². The molecule has 1 aromatic carbocycles. The minimum Gasteiger partial charge on any atom is -0.455 e. The van der Waals surface area contributed by atoms with Crippen LogP contribution in [0.15, 0.2) is 42.7 Å². The molecule has 1 heterocycles. The molecule has 0 aliphatic rings. The molecule has 1 aromatic heterocycles. The summed E-state index contributed by atoms with van der Waals surface area (Å²) in [6.07, 6.45) is 4.60. The van der Waals surface area contributed by atoms with Gasteiger partial charge in [0.1, 0.15) is 11.5 Å². The van der Waals surface area contributed by atoms with Crippen LogP contribution >= 0.6 is 11.6 Å². The SMILES string of the molecule is CCCNCc1ccncc1Oc1cccc(Cl)c1. The van der Waals surface area contributed by atoms with Crippen LogP contribution in [0.3, 0.4) is 0 Å². The van der Waals surface area contributed by atoms with Crippen LogP contribution in [0.4, 0.5) is 0 Å². The second kappa shape index (κ2) is 7.12. The van der Waals surface area contributed by atoms with Crippen molar-refractivity contribution >= 4 is 11.6 Å². The Bertz CT molecular complexity index is 531. The molecule has 0 bridgehead atoms. The van der Waals surface area contributed by atoms with Crippen LogP contribution < -0.4 is 10.1 Å². The minimum atomic E-state index is 0.659. The van der Waals surface area contributed by atoms with Crippen LogP contribution in [-0.2, 0) is 6.54 Å². The number of halogens is 1. The first kappa shape index (κ1) is 13.8. The number of hydrogen-bond donors (Lipinski definition) is 1. The number of nitrogens with one attached hydrogen (secondary N) is 1. The lowest BCUT2D eigenvalue weighted by molar-refractivity contribution is 0.470. The first-order valence-corrected chi connectivity index (χ1v) is 6.74. The number of rotatable bonds is 6. The Hall–Kier alpha value is -1.58. The highest BCUT2D eigenvalue weighted by molar-refractivity contribution is 6.30.